The van der Waals surface area contributed by atoms with Gasteiger partial charge in [0.05, 0.1) is 5.76 Å². The quantitative estimate of drug-likeness (QED) is 0.349. The highest BCUT2D eigenvalue weighted by Gasteiger charge is 2.08. The predicted octanol–water partition coefficient (Wildman–Crippen LogP) is 3.12. The fourth-order valence-electron chi connectivity index (χ4n) is 0.779. The molecule has 0 aliphatic heterocycles. The van der Waals surface area contributed by atoms with Crippen LogP contribution in [-0.4, -0.2) is 9.04 Å². The van der Waals surface area contributed by atoms with E-state index in [-0.39, 0.29) is 0 Å². The Morgan fingerprint density at radius 1 is 1.45 bits per heavy atom. The van der Waals surface area contributed by atoms with E-state index in [1.165, 1.54) is 0 Å². The lowest BCUT2D eigenvalue weighted by atomic mass is 10.5. The van der Waals surface area contributed by atoms with Gasteiger partial charge in [-0.1, -0.05) is 20.4 Å². The summed E-state index contributed by atoms with van der Waals surface area (Å²) in [6.45, 7) is 10.0. The average molecular weight is 169 g/mol. The number of allylic oxidation sites excluding steroid dienone is 2. The molecule has 1 radical (unpaired) electrons. The van der Waals surface area contributed by atoms with Gasteiger partial charge in [0.15, 0.2) is 0 Å². The zero-order valence-corrected chi connectivity index (χ0v) is 8.68. The van der Waals surface area contributed by atoms with Crippen molar-refractivity contribution in [3.8, 4) is 0 Å². The first-order valence-corrected chi connectivity index (χ1v) is 5.91. The van der Waals surface area contributed by atoms with Crippen LogP contribution in [0, 0.1) is 0 Å². The second kappa shape index (κ2) is 6.22. The molecular weight excluding hydrogens is 152 g/mol. The molecule has 11 heavy (non-hydrogen) atoms. The molecule has 0 atom stereocenters. The first-order chi connectivity index (χ1) is 5.28. The Kier molecular flexibility index (Phi) is 5.94. The molecule has 0 fully saturated rings. The van der Waals surface area contributed by atoms with E-state index in [0.29, 0.717) is 0 Å². The normalized spacial score (nSPS) is 11.8. The fraction of sp³-hybridized carbons (Fsp3) is 0.556. The molecular formula is C9H17OSi. The lowest BCUT2D eigenvalue weighted by molar-refractivity contribution is 0.450. The largest absolute Gasteiger partial charge is 0.542 e. The zero-order valence-electron chi connectivity index (χ0n) is 7.68. The van der Waals surface area contributed by atoms with Crippen LogP contribution in [0.3, 0.4) is 0 Å². The Labute approximate surface area is 71.5 Å². The monoisotopic (exact) mass is 169 g/mol. The lowest BCUT2D eigenvalue weighted by Gasteiger charge is -2.13. The van der Waals surface area contributed by atoms with E-state index >= 15 is 0 Å². The maximum absolute atomic E-state index is 5.69. The lowest BCUT2D eigenvalue weighted by Crippen LogP contribution is -2.13. The summed E-state index contributed by atoms with van der Waals surface area (Å²) in [5.74, 6) is 0.933. The van der Waals surface area contributed by atoms with Crippen molar-refractivity contribution in [3.63, 3.8) is 0 Å². The third kappa shape index (κ3) is 4.04. The highest BCUT2D eigenvalue weighted by molar-refractivity contribution is 6.51. The molecule has 0 aliphatic rings. The minimum atomic E-state index is -0.586. The van der Waals surface area contributed by atoms with Gasteiger partial charge in [0.2, 0.25) is 0 Å². The molecule has 0 bridgehead atoms. The van der Waals surface area contributed by atoms with Gasteiger partial charge in [0.1, 0.15) is 0 Å². The van der Waals surface area contributed by atoms with Crippen LogP contribution in [0.5, 0.6) is 0 Å². The Morgan fingerprint density at radius 2 is 2.00 bits per heavy atom. The van der Waals surface area contributed by atoms with Crippen LogP contribution in [-0.2, 0) is 4.43 Å². The van der Waals surface area contributed by atoms with Crippen LogP contribution in [0.2, 0.25) is 12.1 Å². The summed E-state index contributed by atoms with van der Waals surface area (Å²) in [7, 11) is -0.586. The first kappa shape index (κ1) is 10.5. The van der Waals surface area contributed by atoms with Crippen molar-refractivity contribution in [1.29, 1.82) is 0 Å². The van der Waals surface area contributed by atoms with Gasteiger partial charge in [-0.2, -0.15) is 0 Å². The molecule has 0 aliphatic carbocycles. The van der Waals surface area contributed by atoms with Crippen molar-refractivity contribution < 1.29 is 4.43 Å². The molecule has 2 heteroatoms. The second-order valence-corrected chi connectivity index (χ2v) is 4.94. The topological polar surface area (TPSA) is 9.23 Å². The molecule has 0 heterocycles. The maximum atomic E-state index is 5.69. The van der Waals surface area contributed by atoms with Crippen molar-refractivity contribution in [2.24, 2.45) is 0 Å². The van der Waals surface area contributed by atoms with Crippen LogP contribution in [0.25, 0.3) is 0 Å². The average Bonchev–Trinajstić information content (AvgIpc) is 2.07. The van der Waals surface area contributed by atoms with Crippen LogP contribution in [0.1, 0.15) is 20.8 Å². The van der Waals surface area contributed by atoms with E-state index < -0.39 is 9.04 Å². The van der Waals surface area contributed by atoms with E-state index in [9.17, 15) is 0 Å². The van der Waals surface area contributed by atoms with Gasteiger partial charge in [0.25, 0.3) is 9.04 Å². The van der Waals surface area contributed by atoms with Crippen molar-refractivity contribution >= 4 is 9.04 Å². The second-order valence-electron chi connectivity index (χ2n) is 2.24. The number of hydrogen-bond donors (Lipinski definition) is 0. The predicted molar refractivity (Wildman–Crippen MR) is 51.8 cm³/mol. The Balaban J connectivity index is 3.88. The van der Waals surface area contributed by atoms with Crippen molar-refractivity contribution in [2.45, 2.75) is 32.9 Å². The summed E-state index contributed by atoms with van der Waals surface area (Å²) in [6, 6.07) is 2.32. The van der Waals surface area contributed by atoms with E-state index in [1.807, 2.05) is 13.0 Å². The minimum absolute atomic E-state index is 0.586. The summed E-state index contributed by atoms with van der Waals surface area (Å²) < 4.78 is 5.69. The minimum Gasteiger partial charge on any atom is -0.542 e. The van der Waals surface area contributed by atoms with E-state index in [1.54, 1.807) is 6.08 Å². The standard InChI is InChI=1S/C9H17OSi/c1-5-9(6-2)10-11(7-3)8-4/h5-6H,1,7-8H2,2-4H3/b9-6+. The van der Waals surface area contributed by atoms with Crippen molar-refractivity contribution in [3.05, 3.63) is 24.5 Å². The summed E-state index contributed by atoms with van der Waals surface area (Å²) in [5, 5.41) is 0. The molecule has 1 nitrogen and oxygen atoms in total. The van der Waals surface area contributed by atoms with Gasteiger partial charge in [-0.3, -0.25) is 0 Å². The summed E-state index contributed by atoms with van der Waals surface area (Å²) in [4.78, 5) is 0. The fourth-order valence-corrected chi connectivity index (χ4v) is 2.10. The van der Waals surface area contributed by atoms with Gasteiger partial charge >= 0.3 is 0 Å². The molecule has 0 aromatic carbocycles. The summed E-state index contributed by atoms with van der Waals surface area (Å²) >= 11 is 0. The van der Waals surface area contributed by atoms with E-state index in [4.69, 9.17) is 4.43 Å². The van der Waals surface area contributed by atoms with Crippen molar-refractivity contribution in [2.75, 3.05) is 0 Å². The Bertz CT molecular complexity index is 136. The van der Waals surface area contributed by atoms with Gasteiger partial charge in [-0.25, -0.2) is 0 Å². The number of hydrogen-bond acceptors (Lipinski definition) is 1. The van der Waals surface area contributed by atoms with Crippen molar-refractivity contribution in [1.82, 2.24) is 0 Å². The SMILES string of the molecule is C=C/C(=C\C)O[Si](CC)CC. The molecule has 0 N–H and O–H groups in total. The molecule has 0 unspecified atom stereocenters. The van der Waals surface area contributed by atoms with Crippen LogP contribution < -0.4 is 0 Å². The Morgan fingerprint density at radius 3 is 2.27 bits per heavy atom. The first-order valence-electron chi connectivity index (χ1n) is 4.09. The highest BCUT2D eigenvalue weighted by atomic mass is 28.3. The van der Waals surface area contributed by atoms with Gasteiger partial charge in [-0.15, -0.1) is 0 Å². The third-order valence-electron chi connectivity index (χ3n) is 1.54. The smallest absolute Gasteiger partial charge is 0.280 e. The molecule has 0 aromatic rings. The van der Waals surface area contributed by atoms with Gasteiger partial charge < -0.3 is 4.43 Å². The van der Waals surface area contributed by atoms with Gasteiger partial charge in [0, 0.05) is 0 Å². The Hall–Kier alpha value is -0.503. The maximum Gasteiger partial charge on any atom is 0.280 e. The summed E-state index contributed by atoms with van der Waals surface area (Å²) in [5.41, 5.74) is 0. The van der Waals surface area contributed by atoms with Gasteiger partial charge in [-0.05, 0) is 31.2 Å². The van der Waals surface area contributed by atoms with Crippen LogP contribution >= 0.6 is 0 Å². The van der Waals surface area contributed by atoms with Crippen LogP contribution in [0.15, 0.2) is 24.5 Å². The third-order valence-corrected chi connectivity index (χ3v) is 3.64. The molecule has 0 spiro atoms. The number of rotatable bonds is 5. The summed E-state index contributed by atoms with van der Waals surface area (Å²) in [6.07, 6.45) is 3.74. The van der Waals surface area contributed by atoms with Crippen LogP contribution in [0.4, 0.5) is 0 Å². The van der Waals surface area contributed by atoms with E-state index in [2.05, 4.69) is 20.4 Å². The molecule has 63 valence electrons. The molecule has 0 saturated heterocycles. The molecule has 0 saturated carbocycles. The van der Waals surface area contributed by atoms with E-state index in [0.717, 1.165) is 17.8 Å². The molecule has 0 rings (SSSR count). The zero-order chi connectivity index (χ0) is 8.69. The molecule has 0 aromatic heterocycles. The molecule has 0 amide bonds. The highest BCUT2D eigenvalue weighted by Crippen LogP contribution is 2.07.